The molecule has 1 N–H and O–H groups in total. The lowest BCUT2D eigenvalue weighted by Crippen LogP contribution is -2.20. The van der Waals surface area contributed by atoms with E-state index in [-0.39, 0.29) is 11.6 Å². The molecule has 0 unspecified atom stereocenters. The summed E-state index contributed by atoms with van der Waals surface area (Å²) in [6.07, 6.45) is 6.63. The molecule has 1 aromatic carbocycles. The topological polar surface area (TPSA) is 59.0 Å². The van der Waals surface area contributed by atoms with Crippen molar-refractivity contribution in [1.82, 2.24) is 24.9 Å². The first kappa shape index (κ1) is 17.2. The van der Waals surface area contributed by atoms with Crippen molar-refractivity contribution in [2.75, 3.05) is 20.7 Å². The van der Waals surface area contributed by atoms with Crippen LogP contribution in [-0.2, 0) is 20.0 Å². The number of aromatic amines is 1. The third-order valence-electron chi connectivity index (χ3n) is 4.14. The molecule has 0 fully saturated rings. The number of benzene rings is 1. The average molecular weight is 343 g/mol. The van der Waals surface area contributed by atoms with E-state index in [1.165, 1.54) is 18.7 Å². The van der Waals surface area contributed by atoms with Gasteiger partial charge in [-0.25, -0.2) is 4.39 Å². The Kier molecular flexibility index (Phi) is 5.14. The van der Waals surface area contributed by atoms with Gasteiger partial charge >= 0.3 is 0 Å². The van der Waals surface area contributed by atoms with Gasteiger partial charge in [0.1, 0.15) is 0 Å². The summed E-state index contributed by atoms with van der Waals surface area (Å²) in [5.74, 6) is -0.149. The summed E-state index contributed by atoms with van der Waals surface area (Å²) >= 11 is 0. The first-order valence-corrected chi connectivity index (χ1v) is 8.09. The number of ether oxygens (including phenoxy) is 1. The minimum absolute atomic E-state index is 0.235. The molecule has 6 nitrogen and oxygen atoms in total. The molecule has 0 atom stereocenters. The largest absolute Gasteiger partial charge is 0.494 e. The molecule has 0 spiro atoms. The molecule has 0 aliphatic heterocycles. The van der Waals surface area contributed by atoms with Crippen LogP contribution in [0.1, 0.15) is 11.1 Å². The molecule has 0 radical (unpaired) electrons. The van der Waals surface area contributed by atoms with Crippen molar-refractivity contribution in [3.8, 4) is 17.0 Å². The zero-order valence-electron chi connectivity index (χ0n) is 14.7. The predicted octanol–water partition coefficient (Wildman–Crippen LogP) is 2.63. The Morgan fingerprint density at radius 1 is 1.32 bits per heavy atom. The number of H-pyrrole nitrogens is 1. The van der Waals surface area contributed by atoms with Crippen LogP contribution >= 0.6 is 0 Å². The first-order chi connectivity index (χ1) is 12.1. The molecule has 2 heterocycles. The van der Waals surface area contributed by atoms with Crippen LogP contribution in [0.15, 0.2) is 36.8 Å². The van der Waals surface area contributed by atoms with E-state index in [4.69, 9.17) is 4.74 Å². The molecular formula is C18H22FN5O. The van der Waals surface area contributed by atoms with Crippen molar-refractivity contribution < 1.29 is 9.13 Å². The molecule has 0 bridgehead atoms. The predicted molar refractivity (Wildman–Crippen MR) is 93.8 cm³/mol. The van der Waals surface area contributed by atoms with E-state index < -0.39 is 0 Å². The van der Waals surface area contributed by atoms with Crippen LogP contribution in [0.2, 0.25) is 0 Å². The zero-order chi connectivity index (χ0) is 17.8. The molecule has 0 aliphatic carbocycles. The number of methoxy groups -OCH3 is 1. The minimum atomic E-state index is -0.384. The Morgan fingerprint density at radius 2 is 2.16 bits per heavy atom. The van der Waals surface area contributed by atoms with Crippen LogP contribution in [-0.4, -0.2) is 45.6 Å². The maximum absolute atomic E-state index is 14.0. The smallest absolute Gasteiger partial charge is 0.165 e. The molecule has 25 heavy (non-hydrogen) atoms. The number of hydrogen-bond donors (Lipinski definition) is 1. The fourth-order valence-electron chi connectivity index (χ4n) is 2.79. The van der Waals surface area contributed by atoms with Crippen LogP contribution < -0.4 is 4.74 Å². The van der Waals surface area contributed by atoms with Gasteiger partial charge < -0.3 is 9.64 Å². The summed E-state index contributed by atoms with van der Waals surface area (Å²) in [5, 5.41) is 11.3. The molecule has 2 aromatic heterocycles. The fraction of sp³-hybridized carbons (Fsp3) is 0.333. The lowest BCUT2D eigenvalue weighted by Gasteiger charge is -2.16. The van der Waals surface area contributed by atoms with E-state index in [2.05, 4.69) is 27.2 Å². The Balaban J connectivity index is 1.67. The quantitative estimate of drug-likeness (QED) is 0.716. The number of hydrogen-bond acceptors (Lipinski definition) is 4. The van der Waals surface area contributed by atoms with E-state index in [1.54, 1.807) is 12.3 Å². The zero-order valence-corrected chi connectivity index (χ0v) is 14.7. The molecule has 7 heteroatoms. The number of likely N-dealkylation sites (N-methyl/N-ethyl adjacent to an activating group) is 1. The number of halogens is 1. The lowest BCUT2D eigenvalue weighted by molar-refractivity contribution is 0.331. The van der Waals surface area contributed by atoms with E-state index in [1.807, 2.05) is 30.2 Å². The van der Waals surface area contributed by atoms with Crippen molar-refractivity contribution in [1.29, 1.82) is 0 Å². The number of nitrogens with zero attached hydrogens (tertiary/aromatic N) is 4. The molecule has 0 saturated heterocycles. The monoisotopic (exact) mass is 343 g/mol. The van der Waals surface area contributed by atoms with Crippen molar-refractivity contribution in [3.63, 3.8) is 0 Å². The van der Waals surface area contributed by atoms with Gasteiger partial charge in [0.2, 0.25) is 0 Å². The Morgan fingerprint density at radius 3 is 2.84 bits per heavy atom. The van der Waals surface area contributed by atoms with Crippen LogP contribution in [0.5, 0.6) is 5.75 Å². The number of aromatic nitrogens is 4. The second-order valence-electron chi connectivity index (χ2n) is 6.13. The van der Waals surface area contributed by atoms with Gasteiger partial charge in [0.25, 0.3) is 0 Å². The van der Waals surface area contributed by atoms with Gasteiger partial charge in [-0.3, -0.25) is 9.78 Å². The summed E-state index contributed by atoms with van der Waals surface area (Å²) in [6.45, 7) is 1.62. The Labute approximate surface area is 146 Å². The second-order valence-corrected chi connectivity index (χ2v) is 6.13. The van der Waals surface area contributed by atoms with Gasteiger partial charge in [0.05, 0.1) is 25.2 Å². The normalized spacial score (nSPS) is 11.2. The van der Waals surface area contributed by atoms with Crippen LogP contribution in [0.25, 0.3) is 11.3 Å². The highest BCUT2D eigenvalue weighted by Gasteiger charge is 2.13. The standard InChI is InChI=1S/C18H22FN5O/c1-23(7-6-13-9-21-24(2)11-13)12-15-10-20-22-18(15)14-4-5-17(25-3)16(19)8-14/h4-5,8-11H,6-7,12H2,1-3H3,(H,20,22). The molecule has 0 amide bonds. The van der Waals surface area contributed by atoms with E-state index >= 15 is 0 Å². The third kappa shape index (κ3) is 4.06. The summed E-state index contributed by atoms with van der Waals surface area (Å²) in [4.78, 5) is 2.21. The van der Waals surface area contributed by atoms with Crippen molar-refractivity contribution in [2.45, 2.75) is 13.0 Å². The fourth-order valence-corrected chi connectivity index (χ4v) is 2.79. The van der Waals surface area contributed by atoms with E-state index in [0.29, 0.717) is 0 Å². The van der Waals surface area contributed by atoms with Crippen LogP contribution in [0.4, 0.5) is 4.39 Å². The van der Waals surface area contributed by atoms with Gasteiger partial charge in [-0.15, -0.1) is 0 Å². The Hall–Kier alpha value is -2.67. The van der Waals surface area contributed by atoms with Gasteiger partial charge in [0, 0.05) is 37.5 Å². The minimum Gasteiger partial charge on any atom is -0.494 e. The van der Waals surface area contributed by atoms with Gasteiger partial charge in [-0.2, -0.15) is 10.2 Å². The summed E-state index contributed by atoms with van der Waals surface area (Å²) < 4.78 is 20.7. The number of nitrogens with one attached hydrogen (secondary N) is 1. The molecular weight excluding hydrogens is 321 g/mol. The average Bonchev–Trinajstić information content (AvgIpc) is 3.22. The highest BCUT2D eigenvalue weighted by Crippen LogP contribution is 2.27. The third-order valence-corrected chi connectivity index (χ3v) is 4.14. The maximum Gasteiger partial charge on any atom is 0.165 e. The van der Waals surface area contributed by atoms with Gasteiger partial charge in [-0.05, 0) is 37.2 Å². The van der Waals surface area contributed by atoms with Crippen molar-refractivity contribution in [3.05, 3.63) is 53.7 Å². The summed E-state index contributed by atoms with van der Waals surface area (Å²) in [7, 11) is 5.43. The highest BCUT2D eigenvalue weighted by atomic mass is 19.1. The first-order valence-electron chi connectivity index (χ1n) is 8.09. The maximum atomic E-state index is 14.0. The molecule has 3 rings (SSSR count). The van der Waals surface area contributed by atoms with Crippen LogP contribution in [0, 0.1) is 5.82 Å². The van der Waals surface area contributed by atoms with E-state index in [0.717, 1.165) is 36.3 Å². The van der Waals surface area contributed by atoms with Crippen molar-refractivity contribution in [2.24, 2.45) is 7.05 Å². The molecule has 132 valence electrons. The second kappa shape index (κ2) is 7.48. The SMILES string of the molecule is COc1ccc(-c2[nH]ncc2CN(C)CCc2cnn(C)c2)cc1F. The number of aryl methyl sites for hydroxylation is 1. The van der Waals surface area contributed by atoms with Gasteiger partial charge in [0.15, 0.2) is 11.6 Å². The Bertz CT molecular complexity index is 842. The highest BCUT2D eigenvalue weighted by molar-refractivity contribution is 5.63. The van der Waals surface area contributed by atoms with Crippen LogP contribution in [0.3, 0.4) is 0 Å². The summed E-state index contributed by atoms with van der Waals surface area (Å²) in [6, 6.07) is 4.92. The molecule has 0 saturated carbocycles. The molecule has 0 aliphatic rings. The van der Waals surface area contributed by atoms with E-state index in [9.17, 15) is 4.39 Å². The van der Waals surface area contributed by atoms with Crippen molar-refractivity contribution >= 4 is 0 Å². The number of rotatable bonds is 7. The lowest BCUT2D eigenvalue weighted by atomic mass is 10.1. The van der Waals surface area contributed by atoms with Gasteiger partial charge in [-0.1, -0.05) is 0 Å². The molecule has 3 aromatic rings. The summed E-state index contributed by atoms with van der Waals surface area (Å²) in [5.41, 5.74) is 3.82.